The van der Waals surface area contributed by atoms with Gasteiger partial charge in [-0.3, -0.25) is 0 Å². The van der Waals surface area contributed by atoms with Gasteiger partial charge in [0, 0.05) is 11.8 Å². The molecular formula is C12H8N6O5. The normalized spacial score (nSPS) is 12.3. The summed E-state index contributed by atoms with van der Waals surface area (Å²) in [5.41, 5.74) is 0.613. The quantitative estimate of drug-likeness (QED) is 0.544. The van der Waals surface area contributed by atoms with Crippen LogP contribution in [-0.4, -0.2) is 31.9 Å². The summed E-state index contributed by atoms with van der Waals surface area (Å²) in [6.07, 6.45) is 1.18. The fourth-order valence-corrected chi connectivity index (χ4v) is 2.05. The Balaban J connectivity index is 1.59. The lowest BCUT2D eigenvalue weighted by Crippen LogP contribution is -1.93. The number of fused-ring (bicyclic) bond motifs is 1. The van der Waals surface area contributed by atoms with E-state index < -0.39 is 4.92 Å². The third-order valence-corrected chi connectivity index (χ3v) is 3.05. The van der Waals surface area contributed by atoms with Crippen molar-refractivity contribution in [3.8, 4) is 23.1 Å². The molecule has 2 aromatic heterocycles. The Labute approximate surface area is 127 Å². The number of benzene rings is 1. The van der Waals surface area contributed by atoms with Gasteiger partial charge in [-0.15, -0.1) is 5.10 Å². The van der Waals surface area contributed by atoms with E-state index in [1.165, 1.54) is 6.33 Å². The average molecular weight is 316 g/mol. The molecule has 0 atom stereocenters. The molecule has 0 saturated heterocycles. The second-order valence-corrected chi connectivity index (χ2v) is 4.46. The summed E-state index contributed by atoms with van der Waals surface area (Å²) in [5, 5.41) is 21.3. The first-order valence-corrected chi connectivity index (χ1v) is 6.39. The van der Waals surface area contributed by atoms with Crippen molar-refractivity contribution in [3.63, 3.8) is 0 Å². The van der Waals surface area contributed by atoms with Gasteiger partial charge in [0.05, 0.1) is 0 Å². The summed E-state index contributed by atoms with van der Waals surface area (Å²) < 4.78 is 15.8. The maximum Gasteiger partial charge on any atom is 0.353 e. The van der Waals surface area contributed by atoms with Crippen LogP contribution in [0.5, 0.6) is 11.5 Å². The number of nitrogens with zero attached hydrogens (tertiary/aromatic N) is 4. The van der Waals surface area contributed by atoms with Crippen molar-refractivity contribution in [2.75, 3.05) is 12.1 Å². The third kappa shape index (κ3) is 2.29. The van der Waals surface area contributed by atoms with Crippen LogP contribution in [-0.2, 0) is 0 Å². The van der Waals surface area contributed by atoms with Crippen LogP contribution in [0.1, 0.15) is 0 Å². The minimum absolute atomic E-state index is 0.0266. The molecule has 0 bridgehead atoms. The number of ether oxygens (including phenoxy) is 2. The van der Waals surface area contributed by atoms with E-state index in [1.807, 2.05) is 0 Å². The molecule has 3 aromatic rings. The Morgan fingerprint density at radius 3 is 3.00 bits per heavy atom. The van der Waals surface area contributed by atoms with Gasteiger partial charge in [0.2, 0.25) is 12.5 Å². The monoisotopic (exact) mass is 316 g/mol. The van der Waals surface area contributed by atoms with Gasteiger partial charge in [-0.05, 0) is 17.1 Å². The molecule has 11 heteroatoms. The van der Waals surface area contributed by atoms with E-state index >= 15 is 0 Å². The number of nitro groups is 1. The smallest absolute Gasteiger partial charge is 0.353 e. The van der Waals surface area contributed by atoms with Gasteiger partial charge in [-0.25, -0.2) is 9.97 Å². The van der Waals surface area contributed by atoms with Gasteiger partial charge >= 0.3 is 11.8 Å². The molecule has 0 unspecified atom stereocenters. The molecule has 0 saturated carbocycles. The molecule has 1 aliphatic rings. The van der Waals surface area contributed by atoms with Gasteiger partial charge in [0.25, 0.3) is 5.89 Å². The largest absolute Gasteiger partial charge is 0.454 e. The van der Waals surface area contributed by atoms with Crippen LogP contribution >= 0.6 is 0 Å². The molecule has 4 rings (SSSR count). The van der Waals surface area contributed by atoms with Crippen LogP contribution in [0.4, 0.5) is 17.5 Å². The maximum atomic E-state index is 10.9. The molecular weight excluding hydrogens is 308 g/mol. The first-order valence-electron chi connectivity index (χ1n) is 6.39. The van der Waals surface area contributed by atoms with Crippen molar-refractivity contribution in [1.82, 2.24) is 20.2 Å². The number of rotatable bonds is 4. The zero-order valence-electron chi connectivity index (χ0n) is 11.3. The van der Waals surface area contributed by atoms with E-state index in [1.54, 1.807) is 18.2 Å². The lowest BCUT2D eigenvalue weighted by molar-refractivity contribution is -0.388. The highest BCUT2D eigenvalue weighted by molar-refractivity contribution is 5.62. The number of anilines is 2. The molecule has 2 N–H and O–H groups in total. The molecule has 0 spiro atoms. The summed E-state index contributed by atoms with van der Waals surface area (Å²) in [4.78, 5) is 16.5. The van der Waals surface area contributed by atoms with Crippen LogP contribution in [0.25, 0.3) is 11.6 Å². The van der Waals surface area contributed by atoms with Crippen LogP contribution in [0.2, 0.25) is 0 Å². The highest BCUT2D eigenvalue weighted by atomic mass is 16.7. The van der Waals surface area contributed by atoms with Crippen molar-refractivity contribution < 1.29 is 18.8 Å². The minimum Gasteiger partial charge on any atom is -0.454 e. The van der Waals surface area contributed by atoms with Crippen LogP contribution in [0.15, 0.2) is 28.9 Å². The van der Waals surface area contributed by atoms with Crippen molar-refractivity contribution in [3.05, 3.63) is 34.6 Å². The first-order chi connectivity index (χ1) is 11.2. The minimum atomic E-state index is -0.614. The Morgan fingerprint density at radius 2 is 2.13 bits per heavy atom. The summed E-state index contributed by atoms with van der Waals surface area (Å²) in [7, 11) is 0. The number of H-pyrrole nitrogens is 1. The van der Waals surface area contributed by atoms with Gasteiger partial charge in [0.1, 0.15) is 0 Å². The number of nitrogens with one attached hydrogen (secondary N) is 2. The molecule has 11 nitrogen and oxygen atoms in total. The molecule has 23 heavy (non-hydrogen) atoms. The van der Waals surface area contributed by atoms with Crippen LogP contribution < -0.4 is 14.8 Å². The number of aromatic amines is 1. The van der Waals surface area contributed by atoms with Crippen LogP contribution in [0.3, 0.4) is 0 Å². The highest BCUT2D eigenvalue weighted by Crippen LogP contribution is 2.35. The number of hydrogen-bond donors (Lipinski definition) is 2. The Hall–Kier alpha value is -3.63. The fraction of sp³-hybridized carbons (Fsp3) is 0.0833. The Morgan fingerprint density at radius 1 is 1.26 bits per heavy atom. The molecule has 0 aliphatic carbocycles. The van der Waals surface area contributed by atoms with Gasteiger partial charge in [-0.1, -0.05) is 5.10 Å². The average Bonchev–Trinajstić information content (AvgIpc) is 3.26. The number of aromatic nitrogens is 4. The fourth-order valence-electron chi connectivity index (χ4n) is 2.05. The lowest BCUT2D eigenvalue weighted by Gasteiger charge is -2.02. The second-order valence-electron chi connectivity index (χ2n) is 4.46. The van der Waals surface area contributed by atoms with Crippen LogP contribution in [0, 0.1) is 10.1 Å². The Kier molecular flexibility index (Phi) is 2.83. The standard InChI is InChI=1S/C12H8N6O5/c19-18(20)10-9(13-4-14-10)11-16-17-12(23-11)15-6-1-2-7-8(3-6)22-5-21-7/h1-4H,5H2,(H,13,14)(H,15,17). The zero-order valence-corrected chi connectivity index (χ0v) is 11.3. The SMILES string of the molecule is O=[N+]([O-])c1[nH]cnc1-c1nnc(Nc2ccc3c(c2)OCO3)o1. The van der Waals surface area contributed by atoms with Gasteiger partial charge in [0.15, 0.2) is 17.8 Å². The molecule has 0 amide bonds. The van der Waals surface area contributed by atoms with E-state index in [2.05, 4.69) is 25.5 Å². The van der Waals surface area contributed by atoms with Gasteiger partial charge < -0.3 is 29.3 Å². The summed E-state index contributed by atoms with van der Waals surface area (Å²) in [6, 6.07) is 5.26. The molecule has 0 fully saturated rings. The zero-order chi connectivity index (χ0) is 15.8. The van der Waals surface area contributed by atoms with Crippen molar-refractivity contribution >= 4 is 17.5 Å². The maximum absolute atomic E-state index is 10.9. The molecule has 1 aromatic carbocycles. The third-order valence-electron chi connectivity index (χ3n) is 3.05. The molecule has 0 radical (unpaired) electrons. The van der Waals surface area contributed by atoms with Gasteiger partial charge in [-0.2, -0.15) is 0 Å². The van der Waals surface area contributed by atoms with E-state index in [9.17, 15) is 10.1 Å². The van der Waals surface area contributed by atoms with Crippen molar-refractivity contribution in [1.29, 1.82) is 0 Å². The molecule has 3 heterocycles. The summed E-state index contributed by atoms with van der Waals surface area (Å²) in [6.45, 7) is 0.173. The molecule has 116 valence electrons. The van der Waals surface area contributed by atoms with E-state index in [-0.39, 0.29) is 30.2 Å². The lowest BCUT2D eigenvalue weighted by atomic mass is 10.3. The Bertz CT molecular complexity index is 888. The highest BCUT2D eigenvalue weighted by Gasteiger charge is 2.23. The number of hydrogen-bond acceptors (Lipinski definition) is 9. The van der Waals surface area contributed by atoms with E-state index in [4.69, 9.17) is 13.9 Å². The molecule has 1 aliphatic heterocycles. The van der Waals surface area contributed by atoms with E-state index in [0.717, 1.165) is 0 Å². The summed E-state index contributed by atoms with van der Waals surface area (Å²) in [5.74, 6) is 0.857. The summed E-state index contributed by atoms with van der Waals surface area (Å²) >= 11 is 0. The van der Waals surface area contributed by atoms with Crippen molar-refractivity contribution in [2.24, 2.45) is 0 Å². The van der Waals surface area contributed by atoms with Crippen molar-refractivity contribution in [2.45, 2.75) is 0 Å². The van der Waals surface area contributed by atoms with E-state index in [0.29, 0.717) is 17.2 Å². The predicted molar refractivity (Wildman–Crippen MR) is 74.4 cm³/mol. The second kappa shape index (κ2) is 4.98. The number of imidazole rings is 1. The predicted octanol–water partition coefficient (Wildman–Crippen LogP) is 1.84. The topological polar surface area (TPSA) is 141 Å². The first kappa shape index (κ1) is 13.1.